The molecule has 1 aliphatic heterocycles. The number of hydrogen-bond acceptors (Lipinski definition) is 4. The Labute approximate surface area is 101 Å². The Bertz CT molecular complexity index is 337. The standard InChI is InChI=1S/C11H17ClN4/c1-2-3-15-4-6-16(7-5-15)10-8-11(12)14-13-9-10/h8-9H,2-7H2,1H3. The number of nitrogens with zero attached hydrogens (tertiary/aromatic N) is 4. The van der Waals surface area contributed by atoms with Gasteiger partial charge < -0.3 is 4.90 Å². The van der Waals surface area contributed by atoms with Gasteiger partial charge in [-0.25, -0.2) is 0 Å². The van der Waals surface area contributed by atoms with E-state index in [1.807, 2.05) is 6.07 Å². The lowest BCUT2D eigenvalue weighted by Crippen LogP contribution is -2.46. The van der Waals surface area contributed by atoms with Crippen molar-refractivity contribution in [1.29, 1.82) is 0 Å². The zero-order chi connectivity index (χ0) is 11.4. The number of halogens is 1. The number of aromatic nitrogens is 2. The summed E-state index contributed by atoms with van der Waals surface area (Å²) in [5.41, 5.74) is 1.08. The number of anilines is 1. The third-order valence-corrected chi connectivity index (χ3v) is 3.07. The molecule has 2 rings (SSSR count). The van der Waals surface area contributed by atoms with E-state index in [0.29, 0.717) is 5.15 Å². The molecule has 1 aliphatic rings. The van der Waals surface area contributed by atoms with Crippen LogP contribution < -0.4 is 4.90 Å². The lowest BCUT2D eigenvalue weighted by atomic mass is 10.2. The van der Waals surface area contributed by atoms with Crippen LogP contribution in [0.3, 0.4) is 0 Å². The molecule has 0 amide bonds. The van der Waals surface area contributed by atoms with Gasteiger partial charge >= 0.3 is 0 Å². The summed E-state index contributed by atoms with van der Waals surface area (Å²) >= 11 is 5.83. The fourth-order valence-corrected chi connectivity index (χ4v) is 2.21. The van der Waals surface area contributed by atoms with Crippen molar-refractivity contribution >= 4 is 17.3 Å². The smallest absolute Gasteiger partial charge is 0.153 e. The van der Waals surface area contributed by atoms with E-state index in [4.69, 9.17) is 11.6 Å². The fraction of sp³-hybridized carbons (Fsp3) is 0.636. The topological polar surface area (TPSA) is 32.3 Å². The Morgan fingerprint density at radius 1 is 1.31 bits per heavy atom. The van der Waals surface area contributed by atoms with E-state index >= 15 is 0 Å². The molecule has 0 aliphatic carbocycles. The van der Waals surface area contributed by atoms with Gasteiger partial charge in [0.15, 0.2) is 5.15 Å². The third-order valence-electron chi connectivity index (χ3n) is 2.89. The van der Waals surface area contributed by atoms with Crippen LogP contribution in [0.25, 0.3) is 0 Å². The average Bonchev–Trinajstić information content (AvgIpc) is 2.30. The summed E-state index contributed by atoms with van der Waals surface area (Å²) in [5.74, 6) is 0. The number of hydrogen-bond donors (Lipinski definition) is 0. The largest absolute Gasteiger partial charge is 0.368 e. The van der Waals surface area contributed by atoms with Crippen LogP contribution in [0.4, 0.5) is 5.69 Å². The number of rotatable bonds is 3. The normalized spacial score (nSPS) is 17.8. The van der Waals surface area contributed by atoms with Crippen molar-refractivity contribution in [2.75, 3.05) is 37.6 Å². The molecule has 1 fully saturated rings. The molecule has 0 unspecified atom stereocenters. The summed E-state index contributed by atoms with van der Waals surface area (Å²) in [6.07, 6.45) is 3.00. The van der Waals surface area contributed by atoms with E-state index in [-0.39, 0.29) is 0 Å². The monoisotopic (exact) mass is 240 g/mol. The minimum atomic E-state index is 0.466. The van der Waals surface area contributed by atoms with Crippen LogP contribution in [0.5, 0.6) is 0 Å². The average molecular weight is 241 g/mol. The van der Waals surface area contributed by atoms with Crippen molar-refractivity contribution in [1.82, 2.24) is 15.1 Å². The second kappa shape index (κ2) is 5.46. The van der Waals surface area contributed by atoms with Crippen LogP contribution in [-0.2, 0) is 0 Å². The Morgan fingerprint density at radius 2 is 2.06 bits per heavy atom. The van der Waals surface area contributed by atoms with Crippen molar-refractivity contribution < 1.29 is 0 Å². The molecular weight excluding hydrogens is 224 g/mol. The van der Waals surface area contributed by atoms with Crippen molar-refractivity contribution in [2.45, 2.75) is 13.3 Å². The molecule has 1 aromatic rings. The summed E-state index contributed by atoms with van der Waals surface area (Å²) in [6, 6.07) is 1.88. The van der Waals surface area contributed by atoms with Crippen molar-refractivity contribution in [3.63, 3.8) is 0 Å². The van der Waals surface area contributed by atoms with Gasteiger partial charge in [-0.2, -0.15) is 5.10 Å². The maximum atomic E-state index is 5.83. The molecule has 0 N–H and O–H groups in total. The first kappa shape index (κ1) is 11.6. The van der Waals surface area contributed by atoms with E-state index in [9.17, 15) is 0 Å². The molecule has 5 heteroatoms. The fourth-order valence-electron chi connectivity index (χ4n) is 2.05. The van der Waals surface area contributed by atoms with Crippen LogP contribution in [0, 0.1) is 0 Å². The Kier molecular flexibility index (Phi) is 3.96. The molecule has 0 aromatic carbocycles. The highest BCUT2D eigenvalue weighted by molar-refractivity contribution is 6.29. The van der Waals surface area contributed by atoms with Crippen LogP contribution >= 0.6 is 11.6 Å². The Hall–Kier alpha value is -0.870. The van der Waals surface area contributed by atoms with Crippen molar-refractivity contribution in [3.8, 4) is 0 Å². The van der Waals surface area contributed by atoms with Gasteiger partial charge in [-0.3, -0.25) is 4.90 Å². The predicted octanol–water partition coefficient (Wildman–Crippen LogP) is 1.66. The Morgan fingerprint density at radius 3 is 2.69 bits per heavy atom. The SMILES string of the molecule is CCCN1CCN(c2cnnc(Cl)c2)CC1. The van der Waals surface area contributed by atoms with E-state index in [2.05, 4.69) is 26.9 Å². The molecular formula is C11H17ClN4. The summed E-state index contributed by atoms with van der Waals surface area (Å²) in [5, 5.41) is 8.10. The number of piperazine rings is 1. The molecule has 0 spiro atoms. The maximum absolute atomic E-state index is 5.83. The second-order valence-corrected chi connectivity index (χ2v) is 4.45. The highest BCUT2D eigenvalue weighted by Gasteiger charge is 2.16. The minimum Gasteiger partial charge on any atom is -0.368 e. The summed E-state index contributed by atoms with van der Waals surface area (Å²) in [4.78, 5) is 4.81. The quantitative estimate of drug-likeness (QED) is 0.805. The lowest BCUT2D eigenvalue weighted by Gasteiger charge is -2.35. The maximum Gasteiger partial charge on any atom is 0.153 e. The molecule has 4 nitrogen and oxygen atoms in total. The summed E-state index contributed by atoms with van der Waals surface area (Å²) in [6.45, 7) is 7.74. The van der Waals surface area contributed by atoms with E-state index in [0.717, 1.165) is 31.9 Å². The van der Waals surface area contributed by atoms with Gasteiger partial charge in [0.25, 0.3) is 0 Å². The molecule has 1 aromatic heterocycles. The van der Waals surface area contributed by atoms with Crippen LogP contribution in [0.1, 0.15) is 13.3 Å². The van der Waals surface area contributed by atoms with Crippen LogP contribution in [0.2, 0.25) is 5.15 Å². The first-order valence-corrected chi connectivity index (χ1v) is 6.13. The molecule has 16 heavy (non-hydrogen) atoms. The zero-order valence-electron chi connectivity index (χ0n) is 9.56. The second-order valence-electron chi connectivity index (χ2n) is 4.07. The van der Waals surface area contributed by atoms with Gasteiger partial charge in [0.2, 0.25) is 0 Å². The minimum absolute atomic E-state index is 0.466. The van der Waals surface area contributed by atoms with Crippen LogP contribution in [-0.4, -0.2) is 47.8 Å². The lowest BCUT2D eigenvalue weighted by molar-refractivity contribution is 0.258. The summed E-state index contributed by atoms with van der Waals surface area (Å²) in [7, 11) is 0. The van der Waals surface area contributed by atoms with Gasteiger partial charge in [-0.1, -0.05) is 18.5 Å². The van der Waals surface area contributed by atoms with Gasteiger partial charge in [0.05, 0.1) is 11.9 Å². The van der Waals surface area contributed by atoms with Crippen molar-refractivity contribution in [3.05, 3.63) is 17.4 Å². The first-order chi connectivity index (χ1) is 7.79. The van der Waals surface area contributed by atoms with Gasteiger partial charge in [0.1, 0.15) is 0 Å². The highest BCUT2D eigenvalue weighted by Crippen LogP contribution is 2.17. The highest BCUT2D eigenvalue weighted by atomic mass is 35.5. The zero-order valence-corrected chi connectivity index (χ0v) is 10.3. The molecule has 0 bridgehead atoms. The molecule has 1 saturated heterocycles. The molecule has 2 heterocycles. The van der Waals surface area contributed by atoms with Gasteiger partial charge in [-0.05, 0) is 13.0 Å². The summed E-state index contributed by atoms with van der Waals surface area (Å²) < 4.78 is 0. The van der Waals surface area contributed by atoms with Crippen molar-refractivity contribution in [2.24, 2.45) is 0 Å². The molecule has 88 valence electrons. The molecule has 0 atom stereocenters. The third kappa shape index (κ3) is 2.83. The van der Waals surface area contributed by atoms with Crippen LogP contribution in [0.15, 0.2) is 12.3 Å². The van der Waals surface area contributed by atoms with Gasteiger partial charge in [0, 0.05) is 32.2 Å². The molecule has 0 saturated carbocycles. The Balaban J connectivity index is 1.94. The first-order valence-electron chi connectivity index (χ1n) is 5.75. The van der Waals surface area contributed by atoms with E-state index in [1.165, 1.54) is 13.0 Å². The molecule has 0 radical (unpaired) electrons. The van der Waals surface area contributed by atoms with Gasteiger partial charge in [-0.15, -0.1) is 5.10 Å². The van der Waals surface area contributed by atoms with E-state index < -0.39 is 0 Å². The predicted molar refractivity (Wildman–Crippen MR) is 66.0 cm³/mol. The van der Waals surface area contributed by atoms with E-state index in [1.54, 1.807) is 6.20 Å².